The second kappa shape index (κ2) is 7.72. The summed E-state index contributed by atoms with van der Waals surface area (Å²) >= 11 is 0. The first kappa shape index (κ1) is 16.3. The molecule has 0 bridgehead atoms. The van der Waals surface area contributed by atoms with Crippen LogP contribution in [0.5, 0.6) is 0 Å². The number of hydrogen-bond donors (Lipinski definition) is 2. The highest BCUT2D eigenvalue weighted by Crippen LogP contribution is 2.20. The zero-order valence-electron chi connectivity index (χ0n) is 11.4. The Bertz CT molecular complexity index is 276. The number of amides is 1. The van der Waals surface area contributed by atoms with Crippen molar-refractivity contribution in [3.05, 3.63) is 0 Å². The van der Waals surface area contributed by atoms with Crippen LogP contribution in [0.4, 0.5) is 13.2 Å². The third-order valence-electron chi connectivity index (χ3n) is 3.43. The zero-order valence-corrected chi connectivity index (χ0v) is 11.4. The number of carbonyl (C=O) groups excluding carboxylic acids is 1. The first-order valence-electron chi connectivity index (χ1n) is 6.99. The highest BCUT2D eigenvalue weighted by Gasteiger charge is 2.26. The summed E-state index contributed by atoms with van der Waals surface area (Å²) in [5.41, 5.74) is 0. The summed E-state index contributed by atoms with van der Waals surface area (Å²) in [5, 5.41) is 5.78. The molecule has 2 N–H and O–H groups in total. The van der Waals surface area contributed by atoms with Gasteiger partial charge in [-0.05, 0) is 32.7 Å². The summed E-state index contributed by atoms with van der Waals surface area (Å²) in [6.07, 6.45) is 0.587. The maximum Gasteiger partial charge on any atom is 0.389 e. The lowest BCUT2D eigenvalue weighted by Gasteiger charge is -2.24. The third-order valence-corrected chi connectivity index (χ3v) is 3.43. The van der Waals surface area contributed by atoms with E-state index in [0.29, 0.717) is 0 Å². The van der Waals surface area contributed by atoms with Crippen LogP contribution in [0.1, 0.15) is 51.9 Å². The van der Waals surface area contributed by atoms with Crippen molar-refractivity contribution in [3.8, 4) is 0 Å². The molecule has 19 heavy (non-hydrogen) atoms. The fraction of sp³-hybridized carbons (Fsp3) is 0.923. The normalized spacial score (nSPS) is 19.2. The van der Waals surface area contributed by atoms with E-state index >= 15 is 0 Å². The van der Waals surface area contributed by atoms with Crippen molar-refractivity contribution < 1.29 is 18.0 Å². The van der Waals surface area contributed by atoms with Crippen molar-refractivity contribution in [1.82, 2.24) is 10.6 Å². The number of carbonyl (C=O) groups is 1. The van der Waals surface area contributed by atoms with Crippen LogP contribution < -0.4 is 10.6 Å². The monoisotopic (exact) mass is 280 g/mol. The minimum atomic E-state index is -4.12. The Kier molecular flexibility index (Phi) is 6.62. The Morgan fingerprint density at radius 3 is 2.47 bits per heavy atom. The van der Waals surface area contributed by atoms with E-state index in [-0.39, 0.29) is 24.9 Å². The Balaban J connectivity index is 2.14. The summed E-state index contributed by atoms with van der Waals surface area (Å²) in [4.78, 5) is 11.8. The van der Waals surface area contributed by atoms with Crippen LogP contribution in [0.25, 0.3) is 0 Å². The van der Waals surface area contributed by atoms with E-state index in [2.05, 4.69) is 10.6 Å². The van der Waals surface area contributed by atoms with Gasteiger partial charge in [0, 0.05) is 12.5 Å². The molecule has 0 aromatic rings. The first-order chi connectivity index (χ1) is 8.88. The summed E-state index contributed by atoms with van der Waals surface area (Å²) in [6, 6.07) is -0.198. The molecular formula is C13H23F3N2O. The maximum absolute atomic E-state index is 11.9. The molecule has 3 nitrogen and oxygen atoms in total. The number of hydrogen-bond acceptors (Lipinski definition) is 2. The van der Waals surface area contributed by atoms with Gasteiger partial charge >= 0.3 is 6.18 Å². The van der Waals surface area contributed by atoms with Crippen molar-refractivity contribution in [2.45, 2.75) is 70.1 Å². The number of alkyl halides is 3. The number of rotatable bonds is 6. The van der Waals surface area contributed by atoms with Crippen LogP contribution in [-0.2, 0) is 4.79 Å². The summed E-state index contributed by atoms with van der Waals surface area (Å²) in [7, 11) is 0. The van der Waals surface area contributed by atoms with E-state index < -0.39 is 18.6 Å². The van der Waals surface area contributed by atoms with E-state index in [9.17, 15) is 18.0 Å². The van der Waals surface area contributed by atoms with Gasteiger partial charge in [-0.1, -0.05) is 19.3 Å². The van der Waals surface area contributed by atoms with Gasteiger partial charge in [0.1, 0.15) is 0 Å². The molecule has 1 saturated carbocycles. The molecule has 1 fully saturated rings. The van der Waals surface area contributed by atoms with E-state index in [0.717, 1.165) is 25.7 Å². The van der Waals surface area contributed by atoms with Gasteiger partial charge in [-0.2, -0.15) is 13.2 Å². The quantitative estimate of drug-likeness (QED) is 0.735. The van der Waals surface area contributed by atoms with Gasteiger partial charge < -0.3 is 10.6 Å². The van der Waals surface area contributed by atoms with Crippen molar-refractivity contribution >= 4 is 5.91 Å². The smallest absolute Gasteiger partial charge is 0.352 e. The van der Waals surface area contributed by atoms with Crippen LogP contribution in [0.2, 0.25) is 0 Å². The molecule has 1 atom stereocenters. The van der Waals surface area contributed by atoms with Crippen molar-refractivity contribution in [1.29, 1.82) is 0 Å². The van der Waals surface area contributed by atoms with Crippen molar-refractivity contribution in [3.63, 3.8) is 0 Å². The minimum absolute atomic E-state index is 0.00451. The molecule has 112 valence electrons. The summed E-state index contributed by atoms with van der Waals surface area (Å²) in [6.45, 7) is 1.89. The molecule has 6 heteroatoms. The molecule has 0 aliphatic heterocycles. The van der Waals surface area contributed by atoms with Crippen LogP contribution >= 0.6 is 0 Å². The standard InChI is InChI=1S/C13H23F3N2O/c1-10(17-9-5-8-13(14,15)16)12(19)18-11-6-3-2-4-7-11/h10-11,17H,2-9H2,1H3,(H,18,19). The zero-order chi connectivity index (χ0) is 14.3. The van der Waals surface area contributed by atoms with Crippen LogP contribution in [0, 0.1) is 0 Å². The van der Waals surface area contributed by atoms with Gasteiger partial charge in [0.25, 0.3) is 0 Å². The molecule has 1 amide bonds. The molecule has 1 aliphatic carbocycles. The average molecular weight is 280 g/mol. The second-order valence-corrected chi connectivity index (χ2v) is 5.24. The highest BCUT2D eigenvalue weighted by molar-refractivity contribution is 5.81. The van der Waals surface area contributed by atoms with E-state index in [4.69, 9.17) is 0 Å². The van der Waals surface area contributed by atoms with Crippen LogP contribution in [0.3, 0.4) is 0 Å². The molecular weight excluding hydrogens is 257 g/mol. The average Bonchev–Trinajstić information content (AvgIpc) is 2.34. The van der Waals surface area contributed by atoms with Crippen molar-refractivity contribution in [2.75, 3.05) is 6.54 Å². The molecule has 1 rings (SSSR count). The molecule has 0 spiro atoms. The number of nitrogens with one attached hydrogen (secondary N) is 2. The summed E-state index contributed by atoms with van der Waals surface area (Å²) < 4.78 is 35.8. The second-order valence-electron chi connectivity index (χ2n) is 5.24. The lowest BCUT2D eigenvalue weighted by atomic mass is 9.95. The predicted molar refractivity (Wildman–Crippen MR) is 67.8 cm³/mol. The van der Waals surface area contributed by atoms with Crippen LogP contribution in [-0.4, -0.2) is 30.7 Å². The fourth-order valence-electron chi connectivity index (χ4n) is 2.27. The largest absolute Gasteiger partial charge is 0.389 e. The Morgan fingerprint density at radius 1 is 1.26 bits per heavy atom. The van der Waals surface area contributed by atoms with Gasteiger partial charge in [0.15, 0.2) is 0 Å². The minimum Gasteiger partial charge on any atom is -0.352 e. The molecule has 0 aromatic carbocycles. The Morgan fingerprint density at radius 2 is 1.89 bits per heavy atom. The van der Waals surface area contributed by atoms with Gasteiger partial charge in [-0.15, -0.1) is 0 Å². The van der Waals surface area contributed by atoms with Crippen LogP contribution in [0.15, 0.2) is 0 Å². The highest BCUT2D eigenvalue weighted by atomic mass is 19.4. The molecule has 1 aliphatic rings. The first-order valence-corrected chi connectivity index (χ1v) is 6.99. The fourth-order valence-corrected chi connectivity index (χ4v) is 2.27. The van der Waals surface area contributed by atoms with E-state index in [1.54, 1.807) is 6.92 Å². The predicted octanol–water partition coefficient (Wildman–Crippen LogP) is 2.76. The van der Waals surface area contributed by atoms with Gasteiger partial charge in [-0.3, -0.25) is 4.79 Å². The topological polar surface area (TPSA) is 41.1 Å². The molecule has 0 heterocycles. The summed E-state index contributed by atoms with van der Waals surface area (Å²) in [5.74, 6) is -0.112. The molecule has 0 saturated heterocycles. The van der Waals surface area contributed by atoms with Gasteiger partial charge in [0.05, 0.1) is 6.04 Å². The van der Waals surface area contributed by atoms with E-state index in [1.807, 2.05) is 0 Å². The Hall–Kier alpha value is -0.780. The Labute approximate surface area is 112 Å². The lowest BCUT2D eigenvalue weighted by molar-refractivity contribution is -0.135. The van der Waals surface area contributed by atoms with Gasteiger partial charge in [0.2, 0.25) is 5.91 Å². The van der Waals surface area contributed by atoms with E-state index in [1.165, 1.54) is 6.42 Å². The van der Waals surface area contributed by atoms with Crippen molar-refractivity contribution in [2.24, 2.45) is 0 Å². The lowest BCUT2D eigenvalue weighted by Crippen LogP contribution is -2.47. The number of halogens is 3. The molecule has 0 radical (unpaired) electrons. The van der Waals surface area contributed by atoms with Gasteiger partial charge in [-0.25, -0.2) is 0 Å². The molecule has 0 aromatic heterocycles. The third kappa shape index (κ3) is 7.40. The molecule has 1 unspecified atom stereocenters. The maximum atomic E-state index is 11.9. The SMILES string of the molecule is CC(NCCCC(F)(F)F)C(=O)NC1CCCCC1.